The number of allylic oxidation sites excluding steroid dienone is 4. The largest absolute Gasteiger partial charge is 0.295 e. The first-order valence-electron chi connectivity index (χ1n) is 5.97. The van der Waals surface area contributed by atoms with E-state index in [1.54, 1.807) is 19.1 Å². The van der Waals surface area contributed by atoms with Crippen LogP contribution in [0.3, 0.4) is 0 Å². The zero-order valence-electron chi connectivity index (χ0n) is 10.6. The predicted molar refractivity (Wildman–Crippen MR) is 71.0 cm³/mol. The minimum Gasteiger partial charge on any atom is -0.295 e. The van der Waals surface area contributed by atoms with Gasteiger partial charge in [-0.3, -0.25) is 4.79 Å². The van der Waals surface area contributed by atoms with E-state index in [9.17, 15) is 4.79 Å². The fraction of sp³-hybridized carbons (Fsp3) is 0.250. The van der Waals surface area contributed by atoms with Crippen LogP contribution in [0.5, 0.6) is 0 Å². The SMILES string of the molecule is CC(=O)C1=CC=CCC1(C)c1ccc(C#N)cc1. The third-order valence-electron chi connectivity index (χ3n) is 3.55. The Balaban J connectivity index is 2.47. The maximum Gasteiger partial charge on any atom is 0.156 e. The highest BCUT2D eigenvalue weighted by Gasteiger charge is 2.33. The molecule has 0 aliphatic heterocycles. The number of nitrogens with zero attached hydrogens (tertiary/aromatic N) is 1. The lowest BCUT2D eigenvalue weighted by molar-refractivity contribution is -0.114. The summed E-state index contributed by atoms with van der Waals surface area (Å²) < 4.78 is 0. The number of carbonyl (C=O) groups excluding carboxylic acids is 1. The molecule has 0 heterocycles. The van der Waals surface area contributed by atoms with Crippen LogP contribution in [0, 0.1) is 11.3 Å². The molecule has 0 amide bonds. The summed E-state index contributed by atoms with van der Waals surface area (Å²) >= 11 is 0. The van der Waals surface area contributed by atoms with Crippen LogP contribution in [-0.2, 0) is 10.2 Å². The molecule has 90 valence electrons. The van der Waals surface area contributed by atoms with Gasteiger partial charge in [0.1, 0.15) is 0 Å². The summed E-state index contributed by atoms with van der Waals surface area (Å²) in [6, 6.07) is 9.59. The van der Waals surface area contributed by atoms with E-state index in [0.717, 1.165) is 17.6 Å². The van der Waals surface area contributed by atoms with E-state index in [1.807, 2.05) is 24.3 Å². The second-order valence-electron chi connectivity index (χ2n) is 4.79. The van der Waals surface area contributed by atoms with Crippen LogP contribution in [-0.4, -0.2) is 5.78 Å². The van der Waals surface area contributed by atoms with Gasteiger partial charge in [-0.15, -0.1) is 0 Å². The third kappa shape index (κ3) is 2.00. The minimum absolute atomic E-state index is 0.103. The van der Waals surface area contributed by atoms with Gasteiger partial charge >= 0.3 is 0 Å². The van der Waals surface area contributed by atoms with Gasteiger partial charge in [0.25, 0.3) is 0 Å². The van der Waals surface area contributed by atoms with Crippen LogP contribution in [0.1, 0.15) is 31.4 Å². The number of rotatable bonds is 2. The van der Waals surface area contributed by atoms with Crippen LogP contribution in [0.15, 0.2) is 48.1 Å². The first-order chi connectivity index (χ1) is 8.58. The minimum atomic E-state index is -0.283. The number of hydrogen-bond acceptors (Lipinski definition) is 2. The molecule has 1 aliphatic carbocycles. The van der Waals surface area contributed by atoms with Crippen molar-refractivity contribution in [3.8, 4) is 6.07 Å². The molecular weight excluding hydrogens is 222 g/mol. The molecule has 2 heteroatoms. The van der Waals surface area contributed by atoms with Crippen molar-refractivity contribution in [1.29, 1.82) is 5.26 Å². The molecule has 0 N–H and O–H groups in total. The summed E-state index contributed by atoms with van der Waals surface area (Å²) in [5, 5.41) is 8.82. The number of nitriles is 1. The van der Waals surface area contributed by atoms with E-state index in [2.05, 4.69) is 19.1 Å². The van der Waals surface area contributed by atoms with Gasteiger partial charge < -0.3 is 0 Å². The van der Waals surface area contributed by atoms with E-state index >= 15 is 0 Å². The fourth-order valence-corrected chi connectivity index (χ4v) is 2.45. The highest BCUT2D eigenvalue weighted by molar-refractivity contribution is 5.96. The van der Waals surface area contributed by atoms with E-state index < -0.39 is 0 Å². The Bertz CT molecular complexity index is 572. The maximum atomic E-state index is 11.8. The Hall–Kier alpha value is -2.14. The van der Waals surface area contributed by atoms with Crippen molar-refractivity contribution in [3.63, 3.8) is 0 Å². The normalized spacial score (nSPS) is 22.2. The first-order valence-corrected chi connectivity index (χ1v) is 5.97. The second-order valence-corrected chi connectivity index (χ2v) is 4.79. The molecule has 1 aromatic rings. The summed E-state index contributed by atoms with van der Waals surface area (Å²) in [4.78, 5) is 11.8. The molecule has 1 unspecified atom stereocenters. The van der Waals surface area contributed by atoms with Crippen molar-refractivity contribution < 1.29 is 4.79 Å². The van der Waals surface area contributed by atoms with Crippen LogP contribution in [0.2, 0.25) is 0 Å². The van der Waals surface area contributed by atoms with Crippen molar-refractivity contribution >= 4 is 5.78 Å². The highest BCUT2D eigenvalue weighted by atomic mass is 16.1. The quantitative estimate of drug-likeness (QED) is 0.792. The van der Waals surface area contributed by atoms with Gasteiger partial charge in [-0.1, -0.05) is 37.3 Å². The van der Waals surface area contributed by atoms with Crippen LogP contribution >= 0.6 is 0 Å². The molecule has 18 heavy (non-hydrogen) atoms. The van der Waals surface area contributed by atoms with Gasteiger partial charge in [-0.05, 0) is 31.0 Å². The summed E-state index contributed by atoms with van der Waals surface area (Å²) in [7, 11) is 0. The Kier molecular flexibility index (Phi) is 3.16. The number of hydrogen-bond donors (Lipinski definition) is 0. The third-order valence-corrected chi connectivity index (χ3v) is 3.55. The molecule has 0 radical (unpaired) electrons. The van der Waals surface area contributed by atoms with Crippen molar-refractivity contribution in [2.75, 3.05) is 0 Å². The summed E-state index contributed by atoms with van der Waals surface area (Å²) in [5.41, 5.74) is 2.26. The Morgan fingerprint density at radius 2 is 2.00 bits per heavy atom. The zero-order chi connectivity index (χ0) is 13.2. The van der Waals surface area contributed by atoms with Crippen LogP contribution < -0.4 is 0 Å². The second kappa shape index (κ2) is 4.62. The number of Topliss-reactive ketones (excluding diaryl/α,β-unsaturated/α-hetero) is 1. The molecule has 1 aromatic carbocycles. The number of ketones is 1. The van der Waals surface area contributed by atoms with Crippen molar-refractivity contribution in [2.24, 2.45) is 0 Å². The lowest BCUT2D eigenvalue weighted by Crippen LogP contribution is -2.29. The van der Waals surface area contributed by atoms with Crippen molar-refractivity contribution in [3.05, 3.63) is 59.2 Å². The first kappa shape index (κ1) is 12.3. The fourth-order valence-electron chi connectivity index (χ4n) is 2.45. The van der Waals surface area contributed by atoms with Gasteiger partial charge in [-0.25, -0.2) is 0 Å². The van der Waals surface area contributed by atoms with E-state index in [0.29, 0.717) is 5.56 Å². The molecule has 2 rings (SSSR count). The average Bonchev–Trinajstić information content (AvgIpc) is 2.39. The summed E-state index contributed by atoms with van der Waals surface area (Å²) in [6.07, 6.45) is 6.71. The van der Waals surface area contributed by atoms with Gasteiger partial charge in [0.15, 0.2) is 5.78 Å². The van der Waals surface area contributed by atoms with Gasteiger partial charge in [0.2, 0.25) is 0 Å². The van der Waals surface area contributed by atoms with Gasteiger partial charge in [-0.2, -0.15) is 5.26 Å². The molecule has 0 spiro atoms. The van der Waals surface area contributed by atoms with E-state index in [-0.39, 0.29) is 11.2 Å². The molecule has 0 aromatic heterocycles. The molecule has 0 saturated carbocycles. The summed E-state index contributed by atoms with van der Waals surface area (Å²) in [6.45, 7) is 3.68. The van der Waals surface area contributed by atoms with Crippen molar-refractivity contribution in [1.82, 2.24) is 0 Å². The lowest BCUT2D eigenvalue weighted by Gasteiger charge is -2.32. The van der Waals surface area contributed by atoms with Gasteiger partial charge in [0, 0.05) is 11.0 Å². The lowest BCUT2D eigenvalue weighted by atomic mass is 9.70. The van der Waals surface area contributed by atoms with Crippen LogP contribution in [0.4, 0.5) is 0 Å². The standard InChI is InChI=1S/C16H15NO/c1-12(18)15-5-3-4-10-16(15,2)14-8-6-13(11-17)7-9-14/h3-9H,10H2,1-2H3. The highest BCUT2D eigenvalue weighted by Crippen LogP contribution is 2.38. The molecule has 0 bridgehead atoms. The number of carbonyl (C=O) groups is 1. The smallest absolute Gasteiger partial charge is 0.156 e. The molecule has 0 fully saturated rings. The molecule has 0 saturated heterocycles. The topological polar surface area (TPSA) is 40.9 Å². The number of benzene rings is 1. The van der Waals surface area contributed by atoms with Crippen molar-refractivity contribution in [2.45, 2.75) is 25.7 Å². The molecular formula is C16H15NO. The molecule has 1 atom stereocenters. The van der Waals surface area contributed by atoms with E-state index in [4.69, 9.17) is 5.26 Å². The molecule has 2 nitrogen and oxygen atoms in total. The zero-order valence-corrected chi connectivity index (χ0v) is 10.6. The Labute approximate surface area is 107 Å². The predicted octanol–water partition coefficient (Wildman–Crippen LogP) is 3.29. The monoisotopic (exact) mass is 237 g/mol. The van der Waals surface area contributed by atoms with Gasteiger partial charge in [0.05, 0.1) is 11.6 Å². The Morgan fingerprint density at radius 3 is 2.56 bits per heavy atom. The Morgan fingerprint density at radius 1 is 1.33 bits per heavy atom. The maximum absolute atomic E-state index is 11.8. The average molecular weight is 237 g/mol. The van der Waals surface area contributed by atoms with Crippen LogP contribution in [0.25, 0.3) is 0 Å². The van der Waals surface area contributed by atoms with E-state index in [1.165, 1.54) is 0 Å². The molecule has 1 aliphatic rings. The summed E-state index contributed by atoms with van der Waals surface area (Å²) in [5.74, 6) is 0.103.